The van der Waals surface area contributed by atoms with Gasteiger partial charge in [-0.15, -0.1) is 0 Å². The fraction of sp³-hybridized carbons (Fsp3) is 0.923. The van der Waals surface area contributed by atoms with E-state index in [0.717, 1.165) is 18.8 Å². The number of carbonyl (C=O) groups excluding carboxylic acids is 1. The summed E-state index contributed by atoms with van der Waals surface area (Å²) in [5.74, 6) is 0.925. The molecule has 1 rings (SSSR count). The summed E-state index contributed by atoms with van der Waals surface area (Å²) in [5.41, 5.74) is -0.459. The SMILES string of the molecule is CCC1CCCC(NC(=O)C(C)(C)NC)C1. The lowest BCUT2D eigenvalue weighted by Crippen LogP contribution is -2.54. The average Bonchev–Trinajstić information content (AvgIpc) is 2.29. The Morgan fingerprint density at radius 3 is 2.62 bits per heavy atom. The summed E-state index contributed by atoms with van der Waals surface area (Å²) in [5, 5.41) is 6.22. The molecule has 3 nitrogen and oxygen atoms in total. The van der Waals surface area contributed by atoms with Crippen LogP contribution in [0.3, 0.4) is 0 Å². The molecule has 0 heterocycles. The highest BCUT2D eigenvalue weighted by molar-refractivity contribution is 5.85. The van der Waals surface area contributed by atoms with Gasteiger partial charge in [0, 0.05) is 6.04 Å². The Labute approximate surface area is 99.4 Å². The van der Waals surface area contributed by atoms with Crippen LogP contribution >= 0.6 is 0 Å². The third kappa shape index (κ3) is 3.48. The largest absolute Gasteiger partial charge is 0.352 e. The van der Waals surface area contributed by atoms with Gasteiger partial charge in [-0.3, -0.25) is 4.79 Å². The molecule has 1 saturated carbocycles. The fourth-order valence-corrected chi connectivity index (χ4v) is 2.27. The van der Waals surface area contributed by atoms with Crippen molar-refractivity contribution in [2.45, 2.75) is 64.5 Å². The standard InChI is InChI=1S/C13H26N2O/c1-5-10-7-6-8-11(9-10)15-12(16)13(2,3)14-4/h10-11,14H,5-9H2,1-4H3,(H,15,16). The summed E-state index contributed by atoms with van der Waals surface area (Å²) in [4.78, 5) is 12.0. The van der Waals surface area contributed by atoms with E-state index >= 15 is 0 Å². The quantitative estimate of drug-likeness (QED) is 0.770. The maximum absolute atomic E-state index is 12.0. The highest BCUT2D eigenvalue weighted by atomic mass is 16.2. The predicted molar refractivity (Wildman–Crippen MR) is 67.3 cm³/mol. The molecule has 3 heteroatoms. The maximum Gasteiger partial charge on any atom is 0.239 e. The second-order valence-corrected chi connectivity index (χ2v) is 5.49. The Balaban J connectivity index is 2.45. The van der Waals surface area contributed by atoms with Gasteiger partial charge >= 0.3 is 0 Å². The molecule has 2 atom stereocenters. The van der Waals surface area contributed by atoms with Crippen LogP contribution < -0.4 is 10.6 Å². The van der Waals surface area contributed by atoms with Crippen LogP contribution in [-0.4, -0.2) is 24.5 Å². The number of carbonyl (C=O) groups is 1. The first-order chi connectivity index (χ1) is 7.49. The van der Waals surface area contributed by atoms with Gasteiger partial charge in [-0.2, -0.15) is 0 Å². The zero-order valence-corrected chi connectivity index (χ0v) is 11.1. The average molecular weight is 226 g/mol. The molecule has 0 radical (unpaired) electrons. The first kappa shape index (κ1) is 13.5. The van der Waals surface area contributed by atoms with E-state index in [-0.39, 0.29) is 5.91 Å². The van der Waals surface area contributed by atoms with Crippen LogP contribution in [0.4, 0.5) is 0 Å². The monoisotopic (exact) mass is 226 g/mol. The number of amides is 1. The number of rotatable bonds is 4. The summed E-state index contributed by atoms with van der Waals surface area (Å²) in [6.07, 6.45) is 6.12. The lowest BCUT2D eigenvalue weighted by molar-refractivity contribution is -0.127. The van der Waals surface area contributed by atoms with Crippen molar-refractivity contribution >= 4 is 5.91 Å². The third-order valence-electron chi connectivity index (χ3n) is 3.89. The molecule has 1 aliphatic carbocycles. The minimum absolute atomic E-state index is 0.122. The van der Waals surface area contributed by atoms with Gasteiger partial charge in [0.05, 0.1) is 5.54 Å². The zero-order valence-electron chi connectivity index (χ0n) is 11.1. The van der Waals surface area contributed by atoms with Gasteiger partial charge in [0.2, 0.25) is 5.91 Å². The van der Waals surface area contributed by atoms with Crippen molar-refractivity contribution in [2.75, 3.05) is 7.05 Å². The predicted octanol–water partition coefficient (Wildman–Crippen LogP) is 2.07. The molecule has 94 valence electrons. The Bertz CT molecular complexity index is 238. The van der Waals surface area contributed by atoms with Crippen LogP contribution in [0.5, 0.6) is 0 Å². The van der Waals surface area contributed by atoms with E-state index in [1.165, 1.54) is 19.3 Å². The van der Waals surface area contributed by atoms with Gasteiger partial charge in [0.1, 0.15) is 0 Å². The second kappa shape index (κ2) is 5.67. The van der Waals surface area contributed by atoms with Crippen molar-refractivity contribution in [2.24, 2.45) is 5.92 Å². The van der Waals surface area contributed by atoms with E-state index in [9.17, 15) is 4.79 Å². The van der Waals surface area contributed by atoms with Gasteiger partial charge in [0.25, 0.3) is 0 Å². The Kier molecular flexibility index (Phi) is 4.78. The Morgan fingerprint density at radius 2 is 2.06 bits per heavy atom. The molecule has 0 aromatic heterocycles. The molecule has 0 bridgehead atoms. The van der Waals surface area contributed by atoms with Crippen LogP contribution in [0.2, 0.25) is 0 Å². The minimum Gasteiger partial charge on any atom is -0.352 e. The molecule has 0 saturated heterocycles. The first-order valence-corrected chi connectivity index (χ1v) is 6.49. The molecule has 2 unspecified atom stereocenters. The molecule has 0 aromatic carbocycles. The van der Waals surface area contributed by atoms with E-state index < -0.39 is 5.54 Å². The minimum atomic E-state index is -0.459. The number of likely N-dealkylation sites (N-methyl/N-ethyl adjacent to an activating group) is 1. The van der Waals surface area contributed by atoms with Crippen molar-refractivity contribution < 1.29 is 4.79 Å². The van der Waals surface area contributed by atoms with Crippen molar-refractivity contribution in [1.29, 1.82) is 0 Å². The maximum atomic E-state index is 12.0. The first-order valence-electron chi connectivity index (χ1n) is 6.49. The van der Waals surface area contributed by atoms with Gasteiger partial charge in [-0.1, -0.05) is 26.2 Å². The molecular weight excluding hydrogens is 200 g/mol. The van der Waals surface area contributed by atoms with Gasteiger partial charge in [0.15, 0.2) is 0 Å². The Hall–Kier alpha value is -0.570. The van der Waals surface area contributed by atoms with Gasteiger partial charge in [-0.05, 0) is 39.7 Å². The molecule has 1 amide bonds. The van der Waals surface area contributed by atoms with Crippen molar-refractivity contribution in [3.63, 3.8) is 0 Å². The molecular formula is C13H26N2O. The van der Waals surface area contributed by atoms with Crippen LogP contribution in [0, 0.1) is 5.92 Å². The van der Waals surface area contributed by atoms with Crippen LogP contribution in [0.25, 0.3) is 0 Å². The van der Waals surface area contributed by atoms with E-state index in [0.29, 0.717) is 6.04 Å². The normalized spacial score (nSPS) is 26.5. The highest BCUT2D eigenvalue weighted by Crippen LogP contribution is 2.26. The second-order valence-electron chi connectivity index (χ2n) is 5.49. The fourth-order valence-electron chi connectivity index (χ4n) is 2.27. The lowest BCUT2D eigenvalue weighted by Gasteiger charge is -2.32. The van der Waals surface area contributed by atoms with Crippen LogP contribution in [0.1, 0.15) is 52.9 Å². The summed E-state index contributed by atoms with van der Waals surface area (Å²) < 4.78 is 0. The van der Waals surface area contributed by atoms with Crippen molar-refractivity contribution in [1.82, 2.24) is 10.6 Å². The number of hydrogen-bond acceptors (Lipinski definition) is 2. The van der Waals surface area contributed by atoms with Crippen LogP contribution in [0.15, 0.2) is 0 Å². The Morgan fingerprint density at radius 1 is 1.38 bits per heavy atom. The molecule has 0 aromatic rings. The molecule has 2 N–H and O–H groups in total. The van der Waals surface area contributed by atoms with E-state index in [1.54, 1.807) is 0 Å². The van der Waals surface area contributed by atoms with Crippen LogP contribution in [-0.2, 0) is 4.79 Å². The topological polar surface area (TPSA) is 41.1 Å². The smallest absolute Gasteiger partial charge is 0.239 e. The van der Waals surface area contributed by atoms with E-state index in [1.807, 2.05) is 20.9 Å². The molecule has 1 aliphatic rings. The third-order valence-corrected chi connectivity index (χ3v) is 3.89. The lowest BCUT2D eigenvalue weighted by atomic mass is 9.84. The zero-order chi connectivity index (χ0) is 12.2. The van der Waals surface area contributed by atoms with E-state index in [2.05, 4.69) is 17.6 Å². The molecule has 0 spiro atoms. The van der Waals surface area contributed by atoms with Crippen molar-refractivity contribution in [3.05, 3.63) is 0 Å². The van der Waals surface area contributed by atoms with Gasteiger partial charge in [-0.25, -0.2) is 0 Å². The summed E-state index contributed by atoms with van der Waals surface area (Å²) in [6, 6.07) is 0.388. The molecule has 0 aliphatic heterocycles. The number of nitrogens with one attached hydrogen (secondary N) is 2. The van der Waals surface area contributed by atoms with E-state index in [4.69, 9.17) is 0 Å². The number of hydrogen-bond donors (Lipinski definition) is 2. The highest BCUT2D eigenvalue weighted by Gasteiger charge is 2.29. The van der Waals surface area contributed by atoms with Crippen molar-refractivity contribution in [3.8, 4) is 0 Å². The summed E-state index contributed by atoms with van der Waals surface area (Å²) >= 11 is 0. The summed E-state index contributed by atoms with van der Waals surface area (Å²) in [6.45, 7) is 6.08. The molecule has 1 fully saturated rings. The van der Waals surface area contributed by atoms with Gasteiger partial charge < -0.3 is 10.6 Å². The molecule has 16 heavy (non-hydrogen) atoms. The summed E-state index contributed by atoms with van der Waals surface area (Å²) in [7, 11) is 1.83.